The van der Waals surface area contributed by atoms with Crippen LogP contribution in [0, 0.1) is 0 Å². The van der Waals surface area contributed by atoms with Gasteiger partial charge in [0.15, 0.2) is 0 Å². The second-order valence-corrected chi connectivity index (χ2v) is 4.99. The highest BCUT2D eigenvalue weighted by Gasteiger charge is 2.18. The van der Waals surface area contributed by atoms with Crippen LogP contribution in [0.25, 0.3) is 0 Å². The van der Waals surface area contributed by atoms with Gasteiger partial charge in [-0.2, -0.15) is 0 Å². The SMILES string of the molecule is COC(C)Cc1ccccc1C1CCCNC1. The summed E-state index contributed by atoms with van der Waals surface area (Å²) in [4.78, 5) is 0. The Balaban J connectivity index is 2.14. The number of methoxy groups -OCH3 is 1. The van der Waals surface area contributed by atoms with E-state index in [1.54, 1.807) is 7.11 Å². The van der Waals surface area contributed by atoms with Crippen LogP contribution in [0.1, 0.15) is 36.8 Å². The Bertz CT molecular complexity index is 345. The minimum absolute atomic E-state index is 0.299. The third kappa shape index (κ3) is 3.30. The largest absolute Gasteiger partial charge is 0.381 e. The highest BCUT2D eigenvalue weighted by molar-refractivity contribution is 5.31. The summed E-state index contributed by atoms with van der Waals surface area (Å²) in [5.41, 5.74) is 2.97. The monoisotopic (exact) mass is 233 g/mol. The van der Waals surface area contributed by atoms with E-state index >= 15 is 0 Å². The van der Waals surface area contributed by atoms with Crippen molar-refractivity contribution in [1.82, 2.24) is 5.32 Å². The quantitative estimate of drug-likeness (QED) is 0.863. The smallest absolute Gasteiger partial charge is 0.0583 e. The summed E-state index contributed by atoms with van der Waals surface area (Å²) in [6, 6.07) is 8.83. The molecule has 0 aromatic heterocycles. The summed E-state index contributed by atoms with van der Waals surface area (Å²) in [6.07, 6.45) is 3.92. The van der Waals surface area contributed by atoms with Crippen molar-refractivity contribution in [2.24, 2.45) is 0 Å². The van der Waals surface area contributed by atoms with Gasteiger partial charge in [-0.15, -0.1) is 0 Å². The molecule has 0 saturated carbocycles. The van der Waals surface area contributed by atoms with E-state index in [-0.39, 0.29) is 0 Å². The molecule has 0 bridgehead atoms. The van der Waals surface area contributed by atoms with Gasteiger partial charge in [0, 0.05) is 13.7 Å². The molecule has 1 saturated heterocycles. The van der Waals surface area contributed by atoms with Crippen LogP contribution >= 0.6 is 0 Å². The number of rotatable bonds is 4. The minimum Gasteiger partial charge on any atom is -0.381 e. The van der Waals surface area contributed by atoms with Crippen molar-refractivity contribution >= 4 is 0 Å². The van der Waals surface area contributed by atoms with Crippen LogP contribution in [-0.4, -0.2) is 26.3 Å². The number of ether oxygens (including phenoxy) is 1. The van der Waals surface area contributed by atoms with E-state index in [4.69, 9.17) is 4.74 Å². The van der Waals surface area contributed by atoms with Gasteiger partial charge in [-0.05, 0) is 49.8 Å². The predicted octanol–water partition coefficient (Wildman–Crippen LogP) is 2.73. The van der Waals surface area contributed by atoms with E-state index < -0.39 is 0 Å². The first-order valence-electron chi connectivity index (χ1n) is 6.62. The Morgan fingerprint density at radius 3 is 2.94 bits per heavy atom. The molecule has 1 aromatic carbocycles. The average molecular weight is 233 g/mol. The Labute approximate surface area is 104 Å². The van der Waals surface area contributed by atoms with Gasteiger partial charge >= 0.3 is 0 Å². The molecular formula is C15H23NO. The Morgan fingerprint density at radius 1 is 1.41 bits per heavy atom. The Kier molecular flexibility index (Phi) is 4.57. The van der Waals surface area contributed by atoms with Crippen LogP contribution < -0.4 is 5.32 Å². The van der Waals surface area contributed by atoms with Gasteiger partial charge in [0.1, 0.15) is 0 Å². The zero-order valence-electron chi connectivity index (χ0n) is 10.9. The molecule has 1 aromatic rings. The van der Waals surface area contributed by atoms with Crippen molar-refractivity contribution in [1.29, 1.82) is 0 Å². The summed E-state index contributed by atoms with van der Waals surface area (Å²) in [6.45, 7) is 4.43. The number of hydrogen-bond donors (Lipinski definition) is 1. The molecule has 1 aliphatic rings. The van der Waals surface area contributed by atoms with E-state index in [0.29, 0.717) is 12.0 Å². The van der Waals surface area contributed by atoms with Gasteiger partial charge in [-0.3, -0.25) is 0 Å². The van der Waals surface area contributed by atoms with E-state index in [9.17, 15) is 0 Å². The number of nitrogens with one attached hydrogen (secondary N) is 1. The van der Waals surface area contributed by atoms with Gasteiger partial charge in [-0.1, -0.05) is 24.3 Å². The van der Waals surface area contributed by atoms with Gasteiger partial charge < -0.3 is 10.1 Å². The van der Waals surface area contributed by atoms with Gasteiger partial charge in [0.2, 0.25) is 0 Å². The molecule has 2 rings (SSSR count). The van der Waals surface area contributed by atoms with Crippen molar-refractivity contribution in [2.75, 3.05) is 20.2 Å². The third-order valence-corrected chi connectivity index (χ3v) is 3.70. The van der Waals surface area contributed by atoms with Crippen LogP contribution in [0.3, 0.4) is 0 Å². The number of piperidine rings is 1. The van der Waals surface area contributed by atoms with Gasteiger partial charge in [0.05, 0.1) is 6.10 Å². The maximum atomic E-state index is 5.38. The van der Waals surface area contributed by atoms with Gasteiger partial charge in [0.25, 0.3) is 0 Å². The van der Waals surface area contributed by atoms with E-state index in [0.717, 1.165) is 13.0 Å². The first-order chi connectivity index (χ1) is 8.31. The lowest BCUT2D eigenvalue weighted by molar-refractivity contribution is 0.118. The average Bonchev–Trinajstić information content (AvgIpc) is 2.40. The molecule has 2 unspecified atom stereocenters. The molecule has 0 spiro atoms. The first-order valence-corrected chi connectivity index (χ1v) is 6.62. The van der Waals surface area contributed by atoms with E-state index in [1.165, 1.54) is 30.5 Å². The third-order valence-electron chi connectivity index (χ3n) is 3.70. The van der Waals surface area contributed by atoms with Crippen molar-refractivity contribution in [3.05, 3.63) is 35.4 Å². The van der Waals surface area contributed by atoms with Crippen LogP contribution in [0.15, 0.2) is 24.3 Å². The molecule has 94 valence electrons. The van der Waals surface area contributed by atoms with Crippen molar-refractivity contribution in [2.45, 2.75) is 38.2 Å². The molecule has 17 heavy (non-hydrogen) atoms. The molecule has 2 heteroatoms. The molecule has 1 aliphatic heterocycles. The lowest BCUT2D eigenvalue weighted by atomic mass is 9.87. The Hall–Kier alpha value is -0.860. The highest BCUT2D eigenvalue weighted by atomic mass is 16.5. The second-order valence-electron chi connectivity index (χ2n) is 4.99. The minimum atomic E-state index is 0.299. The maximum Gasteiger partial charge on any atom is 0.0583 e. The fraction of sp³-hybridized carbons (Fsp3) is 0.600. The fourth-order valence-electron chi connectivity index (χ4n) is 2.63. The van der Waals surface area contributed by atoms with Crippen molar-refractivity contribution in [3.8, 4) is 0 Å². The molecule has 0 amide bonds. The van der Waals surface area contributed by atoms with Gasteiger partial charge in [-0.25, -0.2) is 0 Å². The lowest BCUT2D eigenvalue weighted by Gasteiger charge is -2.26. The lowest BCUT2D eigenvalue weighted by Crippen LogP contribution is -2.29. The van der Waals surface area contributed by atoms with Crippen LogP contribution in [0.4, 0.5) is 0 Å². The molecule has 2 atom stereocenters. The van der Waals surface area contributed by atoms with E-state index in [2.05, 4.69) is 36.5 Å². The van der Waals surface area contributed by atoms with Crippen molar-refractivity contribution in [3.63, 3.8) is 0 Å². The molecular weight excluding hydrogens is 210 g/mol. The summed E-state index contributed by atoms with van der Waals surface area (Å²) in [5.74, 6) is 0.684. The first kappa shape index (κ1) is 12.6. The van der Waals surface area contributed by atoms with E-state index in [1.807, 2.05) is 0 Å². The summed E-state index contributed by atoms with van der Waals surface area (Å²) in [5, 5.41) is 3.50. The van der Waals surface area contributed by atoms with Crippen LogP contribution in [0.2, 0.25) is 0 Å². The van der Waals surface area contributed by atoms with Crippen LogP contribution in [0.5, 0.6) is 0 Å². The fourth-order valence-corrected chi connectivity index (χ4v) is 2.63. The summed E-state index contributed by atoms with van der Waals surface area (Å²) < 4.78 is 5.38. The highest BCUT2D eigenvalue weighted by Crippen LogP contribution is 2.27. The zero-order valence-corrected chi connectivity index (χ0v) is 10.9. The molecule has 0 radical (unpaired) electrons. The molecule has 0 aliphatic carbocycles. The predicted molar refractivity (Wildman–Crippen MR) is 71.5 cm³/mol. The summed E-state index contributed by atoms with van der Waals surface area (Å²) >= 11 is 0. The summed E-state index contributed by atoms with van der Waals surface area (Å²) in [7, 11) is 1.79. The zero-order chi connectivity index (χ0) is 12.1. The molecule has 1 heterocycles. The maximum absolute atomic E-state index is 5.38. The van der Waals surface area contributed by atoms with Crippen molar-refractivity contribution < 1.29 is 4.74 Å². The Morgan fingerprint density at radius 2 is 2.24 bits per heavy atom. The standard InChI is InChI=1S/C15H23NO/c1-12(17-2)10-13-6-3-4-8-15(13)14-7-5-9-16-11-14/h3-4,6,8,12,14,16H,5,7,9-11H2,1-2H3. The van der Waals surface area contributed by atoms with Crippen LogP contribution in [-0.2, 0) is 11.2 Å². The normalized spacial score (nSPS) is 22.4. The number of benzene rings is 1. The molecule has 1 N–H and O–H groups in total. The molecule has 2 nitrogen and oxygen atoms in total. The molecule has 1 fully saturated rings. The second kappa shape index (κ2) is 6.18. The number of hydrogen-bond acceptors (Lipinski definition) is 2. The topological polar surface area (TPSA) is 21.3 Å².